The van der Waals surface area contributed by atoms with E-state index in [4.69, 9.17) is 19.5 Å². The summed E-state index contributed by atoms with van der Waals surface area (Å²) in [6, 6.07) is 9.83. The Labute approximate surface area is 124 Å². The molecule has 0 radical (unpaired) electrons. The maximum atomic E-state index is 8.62. The maximum absolute atomic E-state index is 8.62. The van der Waals surface area contributed by atoms with E-state index in [1.54, 1.807) is 27.4 Å². The number of hydrogen-bond donors (Lipinski definition) is 0. The SMILES string of the molecule is COc1cc2ccc(OC)c(OC)c2cc1C=CCC#N. The maximum Gasteiger partial charge on any atom is 0.168 e. The van der Waals surface area contributed by atoms with Gasteiger partial charge in [-0.25, -0.2) is 0 Å². The second-order valence-corrected chi connectivity index (χ2v) is 4.38. The van der Waals surface area contributed by atoms with Crippen LogP contribution in [0.1, 0.15) is 12.0 Å². The van der Waals surface area contributed by atoms with Gasteiger partial charge in [0.2, 0.25) is 0 Å². The van der Waals surface area contributed by atoms with Crippen molar-refractivity contribution in [2.45, 2.75) is 6.42 Å². The molecule has 0 fully saturated rings. The van der Waals surface area contributed by atoms with E-state index in [1.807, 2.05) is 30.3 Å². The van der Waals surface area contributed by atoms with Crippen molar-refractivity contribution in [1.29, 1.82) is 5.26 Å². The van der Waals surface area contributed by atoms with Crippen LogP contribution in [0.25, 0.3) is 16.8 Å². The predicted octanol–water partition coefficient (Wildman–Crippen LogP) is 3.79. The third kappa shape index (κ3) is 2.92. The van der Waals surface area contributed by atoms with Gasteiger partial charge in [0.15, 0.2) is 11.5 Å². The number of allylic oxidation sites excluding steroid dienone is 1. The zero-order chi connectivity index (χ0) is 15.2. The highest BCUT2D eigenvalue weighted by Crippen LogP contribution is 2.38. The van der Waals surface area contributed by atoms with Crippen LogP contribution in [-0.4, -0.2) is 21.3 Å². The fourth-order valence-electron chi connectivity index (χ4n) is 2.24. The summed E-state index contributed by atoms with van der Waals surface area (Å²) in [5.41, 5.74) is 0.895. The van der Waals surface area contributed by atoms with E-state index in [2.05, 4.69) is 6.07 Å². The molecule has 0 saturated heterocycles. The van der Waals surface area contributed by atoms with Crippen LogP contribution in [0.3, 0.4) is 0 Å². The summed E-state index contributed by atoms with van der Waals surface area (Å²) in [4.78, 5) is 0. The number of hydrogen-bond acceptors (Lipinski definition) is 4. The van der Waals surface area contributed by atoms with Gasteiger partial charge in [-0.1, -0.05) is 18.2 Å². The molecule has 0 N–H and O–H groups in total. The minimum absolute atomic E-state index is 0.358. The Morgan fingerprint density at radius 2 is 1.81 bits per heavy atom. The average molecular weight is 283 g/mol. The van der Waals surface area contributed by atoms with Gasteiger partial charge in [-0.05, 0) is 23.6 Å². The van der Waals surface area contributed by atoms with Crippen molar-refractivity contribution in [3.05, 3.63) is 35.9 Å². The molecule has 21 heavy (non-hydrogen) atoms. The minimum Gasteiger partial charge on any atom is -0.496 e. The first-order valence-corrected chi connectivity index (χ1v) is 6.51. The van der Waals surface area contributed by atoms with Crippen LogP contribution in [0.5, 0.6) is 17.2 Å². The summed E-state index contributed by atoms with van der Waals surface area (Å²) in [6.45, 7) is 0. The van der Waals surface area contributed by atoms with Crippen LogP contribution in [0, 0.1) is 11.3 Å². The Kier molecular flexibility index (Phi) is 4.68. The third-order valence-corrected chi connectivity index (χ3v) is 3.22. The van der Waals surface area contributed by atoms with Gasteiger partial charge < -0.3 is 14.2 Å². The molecule has 2 aromatic carbocycles. The first-order chi connectivity index (χ1) is 10.2. The molecule has 0 spiro atoms. The topological polar surface area (TPSA) is 51.5 Å². The van der Waals surface area contributed by atoms with E-state index >= 15 is 0 Å². The van der Waals surface area contributed by atoms with Crippen molar-refractivity contribution in [3.63, 3.8) is 0 Å². The van der Waals surface area contributed by atoms with E-state index in [-0.39, 0.29) is 0 Å². The van der Waals surface area contributed by atoms with Crippen molar-refractivity contribution in [2.24, 2.45) is 0 Å². The molecule has 0 unspecified atom stereocenters. The molecule has 0 aliphatic rings. The largest absolute Gasteiger partial charge is 0.496 e. The van der Waals surface area contributed by atoms with Crippen LogP contribution in [0.15, 0.2) is 30.3 Å². The van der Waals surface area contributed by atoms with Gasteiger partial charge in [0, 0.05) is 10.9 Å². The van der Waals surface area contributed by atoms with E-state index in [0.717, 1.165) is 22.1 Å². The molecule has 108 valence electrons. The van der Waals surface area contributed by atoms with Crippen LogP contribution in [0.4, 0.5) is 0 Å². The summed E-state index contributed by atoms with van der Waals surface area (Å²) >= 11 is 0. The predicted molar refractivity (Wildman–Crippen MR) is 82.9 cm³/mol. The molecule has 0 amide bonds. The molecule has 2 rings (SSSR count). The monoisotopic (exact) mass is 283 g/mol. The number of nitrogens with zero attached hydrogens (tertiary/aromatic N) is 1. The third-order valence-electron chi connectivity index (χ3n) is 3.22. The van der Waals surface area contributed by atoms with Crippen molar-refractivity contribution in [1.82, 2.24) is 0 Å². The van der Waals surface area contributed by atoms with Gasteiger partial charge in [0.1, 0.15) is 5.75 Å². The van der Waals surface area contributed by atoms with E-state index in [0.29, 0.717) is 17.9 Å². The molecule has 4 nitrogen and oxygen atoms in total. The second kappa shape index (κ2) is 6.67. The van der Waals surface area contributed by atoms with Crippen LogP contribution in [0.2, 0.25) is 0 Å². The van der Waals surface area contributed by atoms with Crippen LogP contribution < -0.4 is 14.2 Å². The number of nitriles is 1. The van der Waals surface area contributed by atoms with Crippen molar-refractivity contribution < 1.29 is 14.2 Å². The highest BCUT2D eigenvalue weighted by molar-refractivity contribution is 5.94. The number of methoxy groups -OCH3 is 3. The van der Waals surface area contributed by atoms with E-state index in [9.17, 15) is 0 Å². The molecule has 2 aromatic rings. The lowest BCUT2D eigenvalue weighted by atomic mass is 10.0. The van der Waals surface area contributed by atoms with Gasteiger partial charge in [-0.15, -0.1) is 0 Å². The molecular weight excluding hydrogens is 266 g/mol. The molecule has 0 heterocycles. The number of ether oxygens (including phenoxy) is 3. The van der Waals surface area contributed by atoms with Gasteiger partial charge in [0.05, 0.1) is 33.8 Å². The Morgan fingerprint density at radius 3 is 2.43 bits per heavy atom. The Hall–Kier alpha value is -2.67. The molecule has 0 aliphatic carbocycles. The summed E-state index contributed by atoms with van der Waals surface area (Å²) in [5, 5.41) is 10.6. The van der Waals surface area contributed by atoms with Crippen LogP contribution >= 0.6 is 0 Å². The number of benzene rings is 2. The highest BCUT2D eigenvalue weighted by Gasteiger charge is 2.11. The van der Waals surface area contributed by atoms with E-state index < -0.39 is 0 Å². The number of rotatable bonds is 5. The summed E-state index contributed by atoms with van der Waals surface area (Å²) in [7, 11) is 4.86. The Bertz CT molecular complexity index is 714. The fourth-order valence-corrected chi connectivity index (χ4v) is 2.24. The second-order valence-electron chi connectivity index (χ2n) is 4.38. The van der Waals surface area contributed by atoms with Gasteiger partial charge in [-0.2, -0.15) is 5.26 Å². The molecule has 0 saturated carbocycles. The minimum atomic E-state index is 0.358. The smallest absolute Gasteiger partial charge is 0.168 e. The lowest BCUT2D eigenvalue weighted by Crippen LogP contribution is -1.93. The molecular formula is C17H17NO3. The quantitative estimate of drug-likeness (QED) is 0.837. The zero-order valence-electron chi connectivity index (χ0n) is 12.3. The normalized spacial score (nSPS) is 10.6. The van der Waals surface area contributed by atoms with Crippen molar-refractivity contribution in [2.75, 3.05) is 21.3 Å². The Balaban J connectivity index is 2.66. The van der Waals surface area contributed by atoms with Crippen molar-refractivity contribution in [3.8, 4) is 23.3 Å². The zero-order valence-corrected chi connectivity index (χ0v) is 12.3. The Morgan fingerprint density at radius 1 is 1.05 bits per heavy atom. The molecule has 0 aliphatic heterocycles. The molecule has 0 atom stereocenters. The van der Waals surface area contributed by atoms with E-state index in [1.165, 1.54) is 0 Å². The summed E-state index contributed by atoms with van der Waals surface area (Å²) < 4.78 is 16.2. The van der Waals surface area contributed by atoms with Crippen LogP contribution in [-0.2, 0) is 0 Å². The average Bonchev–Trinajstić information content (AvgIpc) is 2.53. The first-order valence-electron chi connectivity index (χ1n) is 6.51. The lowest BCUT2D eigenvalue weighted by Gasteiger charge is -2.13. The molecule has 4 heteroatoms. The summed E-state index contributed by atoms with van der Waals surface area (Å²) in [6.07, 6.45) is 4.03. The van der Waals surface area contributed by atoms with Gasteiger partial charge >= 0.3 is 0 Å². The molecule has 0 bridgehead atoms. The van der Waals surface area contributed by atoms with Crippen molar-refractivity contribution >= 4 is 16.8 Å². The first kappa shape index (κ1) is 14.7. The lowest BCUT2D eigenvalue weighted by molar-refractivity contribution is 0.358. The highest BCUT2D eigenvalue weighted by atomic mass is 16.5. The summed E-state index contributed by atoms with van der Waals surface area (Å²) in [5.74, 6) is 2.12. The van der Waals surface area contributed by atoms with Gasteiger partial charge in [-0.3, -0.25) is 0 Å². The molecule has 0 aromatic heterocycles. The van der Waals surface area contributed by atoms with Gasteiger partial charge in [0.25, 0.3) is 0 Å². The standard InChI is InChI=1S/C17H17NO3/c1-19-15-8-7-12-11-16(20-2)13(6-4-5-9-18)10-14(12)17(15)21-3/h4,6-8,10-11H,5H2,1-3H3. The fraction of sp³-hybridized carbons (Fsp3) is 0.235. The number of fused-ring (bicyclic) bond motifs is 1.